The first-order valence-electron chi connectivity index (χ1n) is 7.59. The number of aromatic nitrogens is 1. The Morgan fingerprint density at radius 2 is 2.04 bits per heavy atom. The SMILES string of the molecule is COc1ccccc1NC(=O)COC(=O)CSCc1c(C)noc1C. The molecule has 1 heterocycles. The molecule has 0 aliphatic carbocycles. The maximum atomic E-state index is 11.9. The Morgan fingerprint density at radius 3 is 2.72 bits per heavy atom. The molecule has 0 aliphatic rings. The van der Waals surface area contributed by atoms with Crippen molar-refractivity contribution in [3.63, 3.8) is 0 Å². The van der Waals surface area contributed by atoms with Crippen LogP contribution in [0, 0.1) is 13.8 Å². The number of carbonyl (C=O) groups is 2. The van der Waals surface area contributed by atoms with E-state index in [-0.39, 0.29) is 12.4 Å². The number of carbonyl (C=O) groups excluding carboxylic acids is 2. The largest absolute Gasteiger partial charge is 0.495 e. The highest BCUT2D eigenvalue weighted by Crippen LogP contribution is 2.23. The number of anilines is 1. The predicted octanol–water partition coefficient (Wildman–Crippen LogP) is 2.72. The van der Waals surface area contributed by atoms with Crippen molar-refractivity contribution in [1.82, 2.24) is 5.16 Å². The number of hydrogen-bond acceptors (Lipinski definition) is 7. The van der Waals surface area contributed by atoms with Gasteiger partial charge in [0.1, 0.15) is 11.5 Å². The van der Waals surface area contributed by atoms with Crippen molar-refractivity contribution in [2.45, 2.75) is 19.6 Å². The predicted molar refractivity (Wildman–Crippen MR) is 94.7 cm³/mol. The minimum Gasteiger partial charge on any atom is -0.495 e. The van der Waals surface area contributed by atoms with E-state index in [0.717, 1.165) is 17.0 Å². The first kappa shape index (κ1) is 18.9. The normalized spacial score (nSPS) is 10.4. The van der Waals surface area contributed by atoms with E-state index >= 15 is 0 Å². The van der Waals surface area contributed by atoms with Crippen molar-refractivity contribution in [1.29, 1.82) is 0 Å². The van der Waals surface area contributed by atoms with Gasteiger partial charge in [0, 0.05) is 11.3 Å². The Bertz CT molecular complexity index is 725. The zero-order chi connectivity index (χ0) is 18.2. The molecule has 0 aliphatic heterocycles. The number of esters is 1. The molecule has 8 heteroatoms. The van der Waals surface area contributed by atoms with E-state index in [4.69, 9.17) is 14.0 Å². The smallest absolute Gasteiger partial charge is 0.316 e. The lowest BCUT2D eigenvalue weighted by molar-refractivity contribution is -0.144. The lowest BCUT2D eigenvalue weighted by atomic mass is 10.2. The zero-order valence-electron chi connectivity index (χ0n) is 14.3. The topological polar surface area (TPSA) is 90.7 Å². The van der Waals surface area contributed by atoms with E-state index < -0.39 is 11.9 Å². The Morgan fingerprint density at radius 1 is 1.28 bits per heavy atom. The van der Waals surface area contributed by atoms with Crippen LogP contribution in [-0.4, -0.2) is 36.5 Å². The van der Waals surface area contributed by atoms with Gasteiger partial charge in [0.15, 0.2) is 6.61 Å². The van der Waals surface area contributed by atoms with Gasteiger partial charge in [-0.05, 0) is 26.0 Å². The third-order valence-electron chi connectivity index (χ3n) is 3.39. The second-order valence-electron chi connectivity index (χ2n) is 5.20. The number of amides is 1. The van der Waals surface area contributed by atoms with Crippen LogP contribution >= 0.6 is 11.8 Å². The minimum absolute atomic E-state index is 0.145. The highest BCUT2D eigenvalue weighted by Gasteiger charge is 2.12. The number of hydrogen-bond donors (Lipinski definition) is 1. The van der Waals surface area contributed by atoms with Crippen LogP contribution in [0.3, 0.4) is 0 Å². The van der Waals surface area contributed by atoms with Crippen LogP contribution in [0.5, 0.6) is 5.75 Å². The molecule has 2 rings (SSSR count). The third-order valence-corrected chi connectivity index (χ3v) is 4.33. The van der Waals surface area contributed by atoms with E-state index in [1.54, 1.807) is 24.3 Å². The average molecular weight is 364 g/mol. The Hall–Kier alpha value is -2.48. The second kappa shape index (κ2) is 9.12. The summed E-state index contributed by atoms with van der Waals surface area (Å²) in [4.78, 5) is 23.6. The number of aryl methyl sites for hydroxylation is 2. The van der Waals surface area contributed by atoms with Crippen LogP contribution in [-0.2, 0) is 20.1 Å². The van der Waals surface area contributed by atoms with Crippen LogP contribution in [0.2, 0.25) is 0 Å². The van der Waals surface area contributed by atoms with Crippen LogP contribution in [0.1, 0.15) is 17.0 Å². The fourth-order valence-electron chi connectivity index (χ4n) is 2.07. The molecule has 1 aromatic heterocycles. The summed E-state index contributed by atoms with van der Waals surface area (Å²) in [5, 5.41) is 6.50. The number of rotatable bonds is 8. The number of nitrogens with one attached hydrogen (secondary N) is 1. The maximum absolute atomic E-state index is 11.9. The lowest BCUT2D eigenvalue weighted by Gasteiger charge is -2.10. The number of para-hydroxylation sites is 2. The van der Waals surface area contributed by atoms with Crippen LogP contribution in [0.4, 0.5) is 5.69 Å². The highest BCUT2D eigenvalue weighted by molar-refractivity contribution is 7.99. The van der Waals surface area contributed by atoms with Crippen molar-refractivity contribution in [3.05, 3.63) is 41.3 Å². The van der Waals surface area contributed by atoms with Crippen molar-refractivity contribution in [2.24, 2.45) is 0 Å². The summed E-state index contributed by atoms with van der Waals surface area (Å²) < 4.78 is 15.2. The Kier molecular flexibility index (Phi) is 6.88. The first-order chi connectivity index (χ1) is 12.0. The molecule has 0 saturated heterocycles. The molecular formula is C17H20N2O5S. The van der Waals surface area contributed by atoms with E-state index in [9.17, 15) is 9.59 Å². The Labute approximate surface area is 150 Å². The van der Waals surface area contributed by atoms with Gasteiger partial charge in [0.2, 0.25) is 0 Å². The molecule has 2 aromatic rings. The molecule has 1 amide bonds. The van der Waals surface area contributed by atoms with Gasteiger partial charge in [-0.3, -0.25) is 9.59 Å². The highest BCUT2D eigenvalue weighted by atomic mass is 32.2. The van der Waals surface area contributed by atoms with Crippen molar-refractivity contribution in [2.75, 3.05) is 24.8 Å². The number of benzene rings is 1. The fourth-order valence-corrected chi connectivity index (χ4v) is 3.03. The maximum Gasteiger partial charge on any atom is 0.316 e. The zero-order valence-corrected chi connectivity index (χ0v) is 15.1. The number of methoxy groups -OCH3 is 1. The number of ether oxygens (including phenoxy) is 2. The van der Waals surface area contributed by atoms with Gasteiger partial charge in [-0.25, -0.2) is 0 Å². The molecule has 0 unspecified atom stereocenters. The van der Waals surface area contributed by atoms with E-state index in [1.807, 2.05) is 13.8 Å². The van der Waals surface area contributed by atoms with E-state index in [0.29, 0.717) is 17.2 Å². The quantitative estimate of drug-likeness (QED) is 0.720. The summed E-state index contributed by atoms with van der Waals surface area (Å²) in [7, 11) is 1.52. The summed E-state index contributed by atoms with van der Waals surface area (Å²) in [6.45, 7) is 3.34. The van der Waals surface area contributed by atoms with Gasteiger partial charge < -0.3 is 19.3 Å². The molecule has 7 nitrogen and oxygen atoms in total. The molecule has 134 valence electrons. The van der Waals surface area contributed by atoms with Gasteiger partial charge in [-0.1, -0.05) is 17.3 Å². The van der Waals surface area contributed by atoms with Crippen molar-refractivity contribution < 1.29 is 23.6 Å². The molecule has 0 spiro atoms. The second-order valence-corrected chi connectivity index (χ2v) is 6.19. The third kappa shape index (κ3) is 5.53. The number of thioether (sulfide) groups is 1. The van der Waals surface area contributed by atoms with Crippen LogP contribution in [0.25, 0.3) is 0 Å². The summed E-state index contributed by atoms with van der Waals surface area (Å²) in [5.41, 5.74) is 2.32. The standard InChI is InChI=1S/C17H20N2O5S/c1-11-13(12(2)24-19-11)9-25-10-17(21)23-8-16(20)18-14-6-4-5-7-15(14)22-3/h4-7H,8-10H2,1-3H3,(H,18,20). The first-order valence-corrected chi connectivity index (χ1v) is 8.74. The summed E-state index contributed by atoms with van der Waals surface area (Å²) in [6.07, 6.45) is 0. The summed E-state index contributed by atoms with van der Waals surface area (Å²) >= 11 is 1.38. The van der Waals surface area contributed by atoms with Gasteiger partial charge >= 0.3 is 5.97 Å². The van der Waals surface area contributed by atoms with Crippen LogP contribution < -0.4 is 10.1 Å². The van der Waals surface area contributed by atoms with Crippen molar-refractivity contribution >= 4 is 29.3 Å². The Balaban J connectivity index is 1.71. The van der Waals surface area contributed by atoms with Gasteiger partial charge in [-0.2, -0.15) is 0 Å². The molecule has 1 N–H and O–H groups in total. The molecule has 1 aromatic carbocycles. The summed E-state index contributed by atoms with van der Waals surface area (Å²) in [5.74, 6) is 1.16. The molecule has 0 fully saturated rings. The number of nitrogens with zero attached hydrogens (tertiary/aromatic N) is 1. The molecule has 0 bridgehead atoms. The van der Waals surface area contributed by atoms with Crippen molar-refractivity contribution in [3.8, 4) is 5.75 Å². The molecule has 0 atom stereocenters. The lowest BCUT2D eigenvalue weighted by Crippen LogP contribution is -2.21. The van der Waals surface area contributed by atoms with Gasteiger partial charge in [-0.15, -0.1) is 11.8 Å². The van der Waals surface area contributed by atoms with E-state index in [1.165, 1.54) is 18.9 Å². The fraction of sp³-hybridized carbons (Fsp3) is 0.353. The molecular weight excluding hydrogens is 344 g/mol. The molecule has 0 saturated carbocycles. The average Bonchev–Trinajstić information content (AvgIpc) is 2.92. The molecule has 0 radical (unpaired) electrons. The van der Waals surface area contributed by atoms with Gasteiger partial charge in [0.25, 0.3) is 5.91 Å². The minimum atomic E-state index is -0.452. The molecule has 25 heavy (non-hydrogen) atoms. The van der Waals surface area contributed by atoms with E-state index in [2.05, 4.69) is 10.5 Å². The summed E-state index contributed by atoms with van der Waals surface area (Å²) in [6, 6.07) is 7.01. The van der Waals surface area contributed by atoms with Gasteiger partial charge in [0.05, 0.1) is 24.2 Å². The van der Waals surface area contributed by atoms with Crippen LogP contribution in [0.15, 0.2) is 28.8 Å². The monoisotopic (exact) mass is 364 g/mol.